The van der Waals surface area contributed by atoms with E-state index in [1.54, 1.807) is 37.4 Å². The summed E-state index contributed by atoms with van der Waals surface area (Å²) in [4.78, 5) is 8.27. The van der Waals surface area contributed by atoms with Gasteiger partial charge in [-0.25, -0.2) is 9.98 Å². The maximum Gasteiger partial charge on any atom is 0.422 e. The number of hydrogen-bond acceptors (Lipinski definition) is 5. The van der Waals surface area contributed by atoms with Crippen molar-refractivity contribution in [2.45, 2.75) is 19.6 Å². The normalized spacial score (nSPS) is 11.7. The molecule has 2 rings (SSSR count). The van der Waals surface area contributed by atoms with Gasteiger partial charge in [0.1, 0.15) is 0 Å². The second kappa shape index (κ2) is 10.4. The van der Waals surface area contributed by atoms with Crippen LogP contribution in [0.15, 0.2) is 41.5 Å². The molecule has 1 aromatic carbocycles. The van der Waals surface area contributed by atoms with Gasteiger partial charge in [-0.15, -0.1) is 0 Å². The Morgan fingerprint density at radius 2 is 1.90 bits per heavy atom. The molecule has 0 amide bonds. The number of rotatable bonds is 8. The molecule has 10 heteroatoms. The van der Waals surface area contributed by atoms with Crippen LogP contribution in [-0.2, 0) is 6.54 Å². The number of anilines is 1. The highest BCUT2D eigenvalue weighted by Gasteiger charge is 2.29. The standard InChI is InChI=1S/C19H23F3N4O3/c1-4-23-18(26-14-7-8-15(27-2)16(10-14)28-3)25-11-13-6-5-9-24-17(13)29-12-19(20,21)22/h5-10H,4,11-12H2,1-3H3,(H2,23,25,26). The summed E-state index contributed by atoms with van der Waals surface area (Å²) in [5.41, 5.74) is 1.13. The monoisotopic (exact) mass is 412 g/mol. The molecule has 0 aliphatic rings. The molecule has 0 saturated heterocycles. The van der Waals surface area contributed by atoms with Gasteiger partial charge in [0.05, 0.1) is 20.8 Å². The molecule has 29 heavy (non-hydrogen) atoms. The van der Waals surface area contributed by atoms with Crippen LogP contribution in [0.5, 0.6) is 17.4 Å². The van der Waals surface area contributed by atoms with Crippen molar-refractivity contribution in [1.82, 2.24) is 10.3 Å². The van der Waals surface area contributed by atoms with E-state index in [1.165, 1.54) is 13.3 Å². The summed E-state index contributed by atoms with van der Waals surface area (Å²) in [6, 6.07) is 8.50. The van der Waals surface area contributed by atoms with Crippen molar-refractivity contribution in [2.24, 2.45) is 4.99 Å². The number of benzene rings is 1. The smallest absolute Gasteiger partial charge is 0.422 e. The molecule has 0 aliphatic carbocycles. The lowest BCUT2D eigenvalue weighted by atomic mass is 10.2. The molecule has 1 aromatic heterocycles. The average Bonchev–Trinajstić information content (AvgIpc) is 2.70. The van der Waals surface area contributed by atoms with Crippen molar-refractivity contribution < 1.29 is 27.4 Å². The zero-order valence-corrected chi connectivity index (χ0v) is 16.3. The van der Waals surface area contributed by atoms with Crippen molar-refractivity contribution >= 4 is 11.6 Å². The maximum absolute atomic E-state index is 12.4. The molecule has 2 aromatic rings. The van der Waals surface area contributed by atoms with E-state index in [1.807, 2.05) is 6.92 Å². The van der Waals surface area contributed by atoms with Crippen LogP contribution in [0.3, 0.4) is 0 Å². The molecule has 158 valence electrons. The quantitative estimate of drug-likeness (QED) is 0.510. The fourth-order valence-corrected chi connectivity index (χ4v) is 2.35. The maximum atomic E-state index is 12.4. The van der Waals surface area contributed by atoms with Crippen molar-refractivity contribution in [2.75, 3.05) is 32.7 Å². The number of alkyl halides is 3. The van der Waals surface area contributed by atoms with Gasteiger partial charge in [-0.1, -0.05) is 6.07 Å². The number of ether oxygens (including phenoxy) is 3. The average molecular weight is 412 g/mol. The fourth-order valence-electron chi connectivity index (χ4n) is 2.35. The molecular weight excluding hydrogens is 389 g/mol. The third-order valence-electron chi connectivity index (χ3n) is 3.62. The molecule has 0 spiro atoms. The molecule has 1 heterocycles. The predicted molar refractivity (Wildman–Crippen MR) is 104 cm³/mol. The second-order valence-corrected chi connectivity index (χ2v) is 5.76. The Kier molecular flexibility index (Phi) is 7.93. The minimum absolute atomic E-state index is 0.0731. The first kappa shape index (κ1) is 22.1. The summed E-state index contributed by atoms with van der Waals surface area (Å²) >= 11 is 0. The van der Waals surface area contributed by atoms with Crippen LogP contribution >= 0.6 is 0 Å². The Bertz CT molecular complexity index is 829. The molecule has 0 saturated carbocycles. The van der Waals surface area contributed by atoms with Gasteiger partial charge in [-0.05, 0) is 25.1 Å². The fraction of sp³-hybridized carbons (Fsp3) is 0.368. The minimum atomic E-state index is -4.44. The van der Waals surface area contributed by atoms with Crippen molar-refractivity contribution in [3.63, 3.8) is 0 Å². The number of aromatic nitrogens is 1. The summed E-state index contributed by atoms with van der Waals surface area (Å²) in [7, 11) is 3.08. The van der Waals surface area contributed by atoms with Crippen LogP contribution in [0.4, 0.5) is 18.9 Å². The van der Waals surface area contributed by atoms with E-state index in [2.05, 4.69) is 20.6 Å². The minimum Gasteiger partial charge on any atom is -0.493 e. The van der Waals surface area contributed by atoms with Crippen LogP contribution in [0.25, 0.3) is 0 Å². The van der Waals surface area contributed by atoms with Gasteiger partial charge < -0.3 is 24.8 Å². The Morgan fingerprint density at radius 1 is 1.14 bits per heavy atom. The lowest BCUT2D eigenvalue weighted by Gasteiger charge is -2.14. The Labute approximate surface area is 166 Å². The summed E-state index contributed by atoms with van der Waals surface area (Å²) < 4.78 is 52.6. The van der Waals surface area contributed by atoms with E-state index in [9.17, 15) is 13.2 Å². The highest BCUT2D eigenvalue weighted by atomic mass is 19.4. The molecule has 0 bridgehead atoms. The molecule has 0 radical (unpaired) electrons. The van der Waals surface area contributed by atoms with E-state index in [0.717, 1.165) is 0 Å². The second-order valence-electron chi connectivity index (χ2n) is 5.76. The van der Waals surface area contributed by atoms with Crippen molar-refractivity contribution in [3.05, 3.63) is 42.1 Å². The molecule has 2 N–H and O–H groups in total. The van der Waals surface area contributed by atoms with E-state index in [-0.39, 0.29) is 12.4 Å². The zero-order valence-electron chi connectivity index (χ0n) is 16.3. The molecule has 0 unspecified atom stereocenters. The lowest BCUT2D eigenvalue weighted by Crippen LogP contribution is -2.30. The van der Waals surface area contributed by atoms with Gasteiger partial charge in [0.15, 0.2) is 24.1 Å². The molecule has 0 aliphatic heterocycles. The molecule has 0 fully saturated rings. The Hall–Kier alpha value is -3.17. The third kappa shape index (κ3) is 7.05. The summed E-state index contributed by atoms with van der Waals surface area (Å²) in [5, 5.41) is 6.18. The highest BCUT2D eigenvalue weighted by molar-refractivity contribution is 5.93. The number of hydrogen-bond donors (Lipinski definition) is 2. The number of methoxy groups -OCH3 is 2. The van der Waals surface area contributed by atoms with Crippen molar-refractivity contribution in [3.8, 4) is 17.4 Å². The number of nitrogens with zero attached hydrogens (tertiary/aromatic N) is 2. The van der Waals surface area contributed by atoms with Gasteiger partial charge in [-0.2, -0.15) is 13.2 Å². The van der Waals surface area contributed by atoms with E-state index < -0.39 is 12.8 Å². The Morgan fingerprint density at radius 3 is 2.55 bits per heavy atom. The molecule has 0 atom stereocenters. The van der Waals surface area contributed by atoms with Gasteiger partial charge in [-0.3, -0.25) is 0 Å². The number of guanidine groups is 1. The molecular formula is C19H23F3N4O3. The van der Waals surface area contributed by atoms with E-state index in [4.69, 9.17) is 14.2 Å². The number of pyridine rings is 1. The van der Waals surface area contributed by atoms with Crippen LogP contribution in [0.2, 0.25) is 0 Å². The lowest BCUT2D eigenvalue weighted by molar-refractivity contribution is -0.154. The SMILES string of the molecule is CCNC(=NCc1cccnc1OCC(F)(F)F)Nc1ccc(OC)c(OC)c1. The summed E-state index contributed by atoms with van der Waals surface area (Å²) in [6.07, 6.45) is -3.08. The largest absolute Gasteiger partial charge is 0.493 e. The van der Waals surface area contributed by atoms with Crippen molar-refractivity contribution in [1.29, 1.82) is 0 Å². The number of halogens is 3. The van der Waals surface area contributed by atoms with Crippen LogP contribution in [0.1, 0.15) is 12.5 Å². The third-order valence-corrected chi connectivity index (χ3v) is 3.62. The zero-order chi connectivity index (χ0) is 21.3. The van der Waals surface area contributed by atoms with Crippen LogP contribution in [0, 0.1) is 0 Å². The van der Waals surface area contributed by atoms with Gasteiger partial charge in [0, 0.05) is 30.1 Å². The summed E-state index contributed by atoms with van der Waals surface area (Å²) in [5.74, 6) is 1.46. The van der Waals surface area contributed by atoms with E-state index >= 15 is 0 Å². The number of aliphatic imine (C=N–C) groups is 1. The van der Waals surface area contributed by atoms with Crippen LogP contribution in [-0.4, -0.2) is 44.5 Å². The number of nitrogens with one attached hydrogen (secondary N) is 2. The van der Waals surface area contributed by atoms with Gasteiger partial charge >= 0.3 is 6.18 Å². The Balaban J connectivity index is 2.16. The first-order valence-corrected chi connectivity index (χ1v) is 8.77. The molecule has 7 nitrogen and oxygen atoms in total. The van der Waals surface area contributed by atoms with Gasteiger partial charge in [0.2, 0.25) is 5.88 Å². The van der Waals surface area contributed by atoms with Crippen LogP contribution < -0.4 is 24.8 Å². The predicted octanol–water partition coefficient (Wildman–Crippen LogP) is 3.62. The van der Waals surface area contributed by atoms with E-state index in [0.29, 0.717) is 35.3 Å². The topological polar surface area (TPSA) is 77.0 Å². The first-order valence-electron chi connectivity index (χ1n) is 8.77. The first-order chi connectivity index (χ1) is 13.9. The highest BCUT2D eigenvalue weighted by Crippen LogP contribution is 2.29. The van der Waals surface area contributed by atoms with Gasteiger partial charge in [0.25, 0.3) is 0 Å². The summed E-state index contributed by atoms with van der Waals surface area (Å²) in [6.45, 7) is 1.14.